The first-order chi connectivity index (χ1) is 9.98. The predicted molar refractivity (Wildman–Crippen MR) is 87.2 cm³/mol. The Hall–Kier alpha value is -1.46. The van der Waals surface area contributed by atoms with Crippen LogP contribution < -0.4 is 11.1 Å². The summed E-state index contributed by atoms with van der Waals surface area (Å²) in [7, 11) is 0. The summed E-state index contributed by atoms with van der Waals surface area (Å²) in [5.41, 5.74) is 7.49. The largest absolute Gasteiger partial charge is 0.389 e. The first-order valence-corrected chi connectivity index (χ1v) is 7.63. The molecule has 1 aromatic carbocycles. The molecule has 1 amide bonds. The minimum atomic E-state index is 0.0470. The van der Waals surface area contributed by atoms with Gasteiger partial charge in [-0.25, -0.2) is 0 Å². The van der Waals surface area contributed by atoms with Crippen LogP contribution in [-0.4, -0.2) is 30.7 Å². The van der Waals surface area contributed by atoms with Crippen molar-refractivity contribution in [2.75, 3.05) is 19.8 Å². The number of amides is 1. The molecule has 0 atom stereocenters. The molecule has 1 heterocycles. The van der Waals surface area contributed by atoms with Crippen molar-refractivity contribution in [1.82, 2.24) is 5.32 Å². The molecule has 4 nitrogen and oxygen atoms in total. The minimum absolute atomic E-state index is 0.0470. The SMILES string of the molecule is CC1(CNC(=O)Cc2ccc(C(N)=S)cc2)CCOCC1. The summed E-state index contributed by atoms with van der Waals surface area (Å²) in [5.74, 6) is 0.0470. The Morgan fingerprint density at radius 1 is 1.33 bits per heavy atom. The predicted octanol–water partition coefficient (Wildman–Crippen LogP) is 1.80. The van der Waals surface area contributed by atoms with Crippen LogP contribution >= 0.6 is 12.2 Å². The van der Waals surface area contributed by atoms with E-state index in [9.17, 15) is 4.79 Å². The summed E-state index contributed by atoms with van der Waals surface area (Å²) in [6.07, 6.45) is 2.37. The van der Waals surface area contributed by atoms with Crippen LogP contribution in [0.4, 0.5) is 0 Å². The molecule has 0 aliphatic carbocycles. The zero-order chi connectivity index (χ0) is 15.3. The van der Waals surface area contributed by atoms with Gasteiger partial charge in [-0.05, 0) is 23.8 Å². The fourth-order valence-electron chi connectivity index (χ4n) is 2.39. The average Bonchev–Trinajstić information content (AvgIpc) is 2.47. The summed E-state index contributed by atoms with van der Waals surface area (Å²) in [6.45, 7) is 4.48. The number of rotatable bonds is 5. The van der Waals surface area contributed by atoms with E-state index in [2.05, 4.69) is 12.2 Å². The first-order valence-electron chi connectivity index (χ1n) is 7.22. The molecule has 1 aliphatic rings. The molecule has 114 valence electrons. The van der Waals surface area contributed by atoms with Crippen LogP contribution in [0.1, 0.15) is 30.9 Å². The van der Waals surface area contributed by atoms with Crippen molar-refractivity contribution in [3.05, 3.63) is 35.4 Å². The molecule has 0 spiro atoms. The number of nitrogens with one attached hydrogen (secondary N) is 1. The van der Waals surface area contributed by atoms with Gasteiger partial charge in [0.05, 0.1) is 6.42 Å². The van der Waals surface area contributed by atoms with Gasteiger partial charge in [-0.3, -0.25) is 4.79 Å². The maximum absolute atomic E-state index is 12.0. The Morgan fingerprint density at radius 2 is 1.95 bits per heavy atom. The molecule has 2 rings (SSSR count). The molecule has 0 radical (unpaired) electrons. The van der Waals surface area contributed by atoms with E-state index in [1.54, 1.807) is 0 Å². The van der Waals surface area contributed by atoms with Gasteiger partial charge in [-0.1, -0.05) is 43.4 Å². The number of thiocarbonyl (C=S) groups is 1. The highest BCUT2D eigenvalue weighted by molar-refractivity contribution is 7.80. The van der Waals surface area contributed by atoms with Crippen molar-refractivity contribution in [2.45, 2.75) is 26.2 Å². The molecule has 5 heteroatoms. The van der Waals surface area contributed by atoms with Crippen LogP contribution in [0.15, 0.2) is 24.3 Å². The normalized spacial score (nSPS) is 17.2. The Labute approximate surface area is 131 Å². The van der Waals surface area contributed by atoms with Crippen molar-refractivity contribution < 1.29 is 9.53 Å². The first kappa shape index (κ1) is 15.9. The third kappa shape index (κ3) is 4.79. The minimum Gasteiger partial charge on any atom is -0.389 e. The Kier molecular flexibility index (Phi) is 5.31. The summed E-state index contributed by atoms with van der Waals surface area (Å²) >= 11 is 4.91. The monoisotopic (exact) mass is 306 g/mol. The van der Waals surface area contributed by atoms with Crippen molar-refractivity contribution in [3.8, 4) is 0 Å². The second-order valence-electron chi connectivity index (χ2n) is 5.94. The van der Waals surface area contributed by atoms with E-state index in [-0.39, 0.29) is 11.3 Å². The molecule has 1 aliphatic heterocycles. The number of hydrogen-bond donors (Lipinski definition) is 2. The average molecular weight is 306 g/mol. The van der Waals surface area contributed by atoms with E-state index in [0.29, 0.717) is 18.0 Å². The van der Waals surface area contributed by atoms with Gasteiger partial charge in [-0.2, -0.15) is 0 Å². The Bertz CT molecular complexity index is 508. The molecule has 21 heavy (non-hydrogen) atoms. The third-order valence-corrected chi connectivity index (χ3v) is 4.25. The molecule has 0 unspecified atom stereocenters. The molecule has 1 fully saturated rings. The number of nitrogens with two attached hydrogens (primary N) is 1. The molecule has 3 N–H and O–H groups in total. The van der Waals surface area contributed by atoms with E-state index in [1.165, 1.54) is 0 Å². The van der Waals surface area contributed by atoms with Gasteiger partial charge in [-0.15, -0.1) is 0 Å². The lowest BCUT2D eigenvalue weighted by atomic mass is 9.82. The molecule has 1 saturated heterocycles. The molecular weight excluding hydrogens is 284 g/mol. The van der Waals surface area contributed by atoms with E-state index in [0.717, 1.165) is 37.2 Å². The summed E-state index contributed by atoms with van der Waals surface area (Å²) in [6, 6.07) is 7.49. The van der Waals surface area contributed by atoms with E-state index >= 15 is 0 Å². The summed E-state index contributed by atoms with van der Waals surface area (Å²) < 4.78 is 5.36. The smallest absolute Gasteiger partial charge is 0.224 e. The maximum atomic E-state index is 12.0. The van der Waals surface area contributed by atoms with E-state index < -0.39 is 0 Å². The molecule has 0 saturated carbocycles. The fraction of sp³-hybridized carbons (Fsp3) is 0.500. The Morgan fingerprint density at radius 3 is 2.52 bits per heavy atom. The van der Waals surface area contributed by atoms with Gasteiger partial charge in [0.15, 0.2) is 0 Å². The van der Waals surface area contributed by atoms with Gasteiger partial charge < -0.3 is 15.8 Å². The van der Waals surface area contributed by atoms with Gasteiger partial charge in [0.2, 0.25) is 5.91 Å². The zero-order valence-corrected chi connectivity index (χ0v) is 13.2. The lowest BCUT2D eigenvalue weighted by Gasteiger charge is -2.33. The van der Waals surface area contributed by atoms with E-state index in [4.69, 9.17) is 22.7 Å². The molecule has 0 aromatic heterocycles. The van der Waals surface area contributed by atoms with Crippen LogP contribution in [-0.2, 0) is 16.0 Å². The number of benzene rings is 1. The van der Waals surface area contributed by atoms with Crippen molar-refractivity contribution in [3.63, 3.8) is 0 Å². The fourth-order valence-corrected chi connectivity index (χ4v) is 2.52. The van der Waals surface area contributed by atoms with Crippen molar-refractivity contribution in [2.24, 2.45) is 11.1 Å². The van der Waals surface area contributed by atoms with Gasteiger partial charge in [0.1, 0.15) is 4.99 Å². The highest BCUT2D eigenvalue weighted by atomic mass is 32.1. The van der Waals surface area contributed by atoms with Crippen LogP contribution in [0.3, 0.4) is 0 Å². The molecule has 1 aromatic rings. The van der Waals surface area contributed by atoms with Crippen LogP contribution in [0, 0.1) is 5.41 Å². The zero-order valence-electron chi connectivity index (χ0n) is 12.4. The van der Waals surface area contributed by atoms with Crippen molar-refractivity contribution in [1.29, 1.82) is 0 Å². The second-order valence-corrected chi connectivity index (χ2v) is 6.38. The highest BCUT2D eigenvalue weighted by Crippen LogP contribution is 2.28. The molecule has 0 bridgehead atoms. The molecular formula is C16H22N2O2S. The second kappa shape index (κ2) is 7.00. The van der Waals surface area contributed by atoms with Gasteiger partial charge in [0, 0.05) is 25.3 Å². The summed E-state index contributed by atoms with van der Waals surface area (Å²) in [5, 5.41) is 3.03. The third-order valence-electron chi connectivity index (χ3n) is 4.02. The van der Waals surface area contributed by atoms with Crippen LogP contribution in [0.2, 0.25) is 0 Å². The quantitative estimate of drug-likeness (QED) is 0.814. The summed E-state index contributed by atoms with van der Waals surface area (Å²) in [4.78, 5) is 12.4. The van der Waals surface area contributed by atoms with Crippen LogP contribution in [0.25, 0.3) is 0 Å². The maximum Gasteiger partial charge on any atom is 0.224 e. The Balaban J connectivity index is 1.82. The topological polar surface area (TPSA) is 64.4 Å². The van der Waals surface area contributed by atoms with E-state index in [1.807, 2.05) is 24.3 Å². The van der Waals surface area contributed by atoms with Crippen LogP contribution in [0.5, 0.6) is 0 Å². The lowest BCUT2D eigenvalue weighted by molar-refractivity contribution is -0.121. The van der Waals surface area contributed by atoms with Gasteiger partial charge >= 0.3 is 0 Å². The number of carbonyl (C=O) groups excluding carboxylic acids is 1. The van der Waals surface area contributed by atoms with Crippen molar-refractivity contribution >= 4 is 23.1 Å². The number of ether oxygens (including phenoxy) is 1. The lowest BCUT2D eigenvalue weighted by Crippen LogP contribution is -2.39. The highest BCUT2D eigenvalue weighted by Gasteiger charge is 2.27. The van der Waals surface area contributed by atoms with Gasteiger partial charge in [0.25, 0.3) is 0 Å². The standard InChI is InChI=1S/C16H22N2O2S/c1-16(6-8-20-9-7-16)11-18-14(19)10-12-2-4-13(5-3-12)15(17)21/h2-5H,6-11H2,1H3,(H2,17,21)(H,18,19). The number of carbonyl (C=O) groups is 1. The number of hydrogen-bond acceptors (Lipinski definition) is 3.